The average Bonchev–Trinajstić information content (AvgIpc) is 2.27. The van der Waals surface area contributed by atoms with Gasteiger partial charge in [-0.05, 0) is 44.5 Å². The first-order valence-electron chi connectivity index (χ1n) is 5.73. The third-order valence-electron chi connectivity index (χ3n) is 2.51. The molecule has 0 heterocycles. The number of hydrogen-bond donors (Lipinski definition) is 1. The lowest BCUT2D eigenvalue weighted by Gasteiger charge is -2.25. The van der Waals surface area contributed by atoms with E-state index in [4.69, 9.17) is 16.3 Å². The molecule has 0 aliphatic carbocycles. The van der Waals surface area contributed by atoms with Crippen molar-refractivity contribution in [3.63, 3.8) is 0 Å². The van der Waals surface area contributed by atoms with E-state index in [0.717, 1.165) is 23.2 Å². The van der Waals surface area contributed by atoms with Crippen molar-refractivity contribution in [3.05, 3.63) is 28.7 Å². The molecule has 0 fully saturated rings. The minimum Gasteiger partial charge on any atom is -0.492 e. The third-order valence-corrected chi connectivity index (χ3v) is 3.23. The highest BCUT2D eigenvalue weighted by Gasteiger charge is 2.15. The van der Waals surface area contributed by atoms with Crippen LogP contribution in [0.3, 0.4) is 0 Å². The lowest BCUT2D eigenvalue weighted by molar-refractivity contribution is 0.281. The molecule has 17 heavy (non-hydrogen) atoms. The topological polar surface area (TPSA) is 21.3 Å². The van der Waals surface area contributed by atoms with Crippen molar-refractivity contribution >= 4 is 27.5 Å². The van der Waals surface area contributed by atoms with E-state index in [0.29, 0.717) is 12.5 Å². The van der Waals surface area contributed by atoms with E-state index in [-0.39, 0.29) is 5.54 Å². The highest BCUT2D eigenvalue weighted by Crippen LogP contribution is 2.16. The van der Waals surface area contributed by atoms with Crippen molar-refractivity contribution in [1.29, 1.82) is 0 Å². The number of nitrogens with one attached hydrogen (secondary N) is 1. The normalized spacial score (nSPS) is 11.5. The molecule has 0 spiro atoms. The molecular weight excluding hydrogens is 302 g/mol. The molecule has 0 aliphatic heterocycles. The summed E-state index contributed by atoms with van der Waals surface area (Å²) in [6.45, 7) is 5.78. The SMILES string of the molecule is CC(C)(CCCl)NCCOc1ccc(Br)cc1. The van der Waals surface area contributed by atoms with Gasteiger partial charge in [-0.2, -0.15) is 0 Å². The van der Waals surface area contributed by atoms with Gasteiger partial charge in [0.2, 0.25) is 0 Å². The van der Waals surface area contributed by atoms with E-state index in [1.807, 2.05) is 24.3 Å². The lowest BCUT2D eigenvalue weighted by Crippen LogP contribution is -2.41. The Balaban J connectivity index is 2.22. The Morgan fingerprint density at radius 3 is 2.53 bits per heavy atom. The van der Waals surface area contributed by atoms with E-state index >= 15 is 0 Å². The van der Waals surface area contributed by atoms with Gasteiger partial charge in [0.1, 0.15) is 12.4 Å². The van der Waals surface area contributed by atoms with Crippen LogP contribution in [0.25, 0.3) is 0 Å². The molecule has 0 atom stereocenters. The molecule has 0 saturated heterocycles. The lowest BCUT2D eigenvalue weighted by atomic mass is 10.0. The van der Waals surface area contributed by atoms with Crippen LogP contribution in [0.5, 0.6) is 5.75 Å². The molecule has 0 unspecified atom stereocenters. The molecule has 4 heteroatoms. The summed E-state index contributed by atoms with van der Waals surface area (Å²) in [6, 6.07) is 7.85. The zero-order chi connectivity index (χ0) is 12.7. The van der Waals surface area contributed by atoms with Gasteiger partial charge in [0.05, 0.1) is 0 Å². The first kappa shape index (κ1) is 14.8. The number of ether oxygens (including phenoxy) is 1. The van der Waals surface area contributed by atoms with Crippen molar-refractivity contribution in [1.82, 2.24) is 5.32 Å². The van der Waals surface area contributed by atoms with E-state index in [2.05, 4.69) is 35.1 Å². The number of rotatable bonds is 7. The smallest absolute Gasteiger partial charge is 0.119 e. The van der Waals surface area contributed by atoms with Crippen LogP contribution in [-0.4, -0.2) is 24.6 Å². The van der Waals surface area contributed by atoms with Crippen LogP contribution in [0.2, 0.25) is 0 Å². The van der Waals surface area contributed by atoms with Gasteiger partial charge in [0, 0.05) is 22.4 Å². The van der Waals surface area contributed by atoms with Crippen LogP contribution < -0.4 is 10.1 Å². The number of halogens is 2. The minimum atomic E-state index is 0.0742. The fraction of sp³-hybridized carbons (Fsp3) is 0.538. The molecule has 96 valence electrons. The maximum Gasteiger partial charge on any atom is 0.119 e. The fourth-order valence-corrected chi connectivity index (χ4v) is 2.15. The van der Waals surface area contributed by atoms with Crippen molar-refractivity contribution in [2.45, 2.75) is 25.8 Å². The number of alkyl halides is 1. The van der Waals surface area contributed by atoms with Crippen LogP contribution in [0.4, 0.5) is 0 Å². The van der Waals surface area contributed by atoms with E-state index in [1.54, 1.807) is 0 Å². The molecule has 0 saturated carbocycles. The maximum atomic E-state index is 5.73. The van der Waals surface area contributed by atoms with Gasteiger partial charge in [-0.15, -0.1) is 11.6 Å². The molecule has 0 aliphatic rings. The van der Waals surface area contributed by atoms with Gasteiger partial charge in [-0.3, -0.25) is 0 Å². The maximum absolute atomic E-state index is 5.73. The summed E-state index contributed by atoms with van der Waals surface area (Å²) in [6.07, 6.45) is 0.951. The van der Waals surface area contributed by atoms with Crippen LogP contribution in [0.15, 0.2) is 28.7 Å². The molecule has 2 nitrogen and oxygen atoms in total. The Morgan fingerprint density at radius 1 is 1.29 bits per heavy atom. The Bertz CT molecular complexity index is 327. The van der Waals surface area contributed by atoms with Gasteiger partial charge in [0.25, 0.3) is 0 Å². The largest absolute Gasteiger partial charge is 0.492 e. The quantitative estimate of drug-likeness (QED) is 0.609. The molecule has 1 rings (SSSR count). The van der Waals surface area contributed by atoms with Gasteiger partial charge in [-0.1, -0.05) is 15.9 Å². The monoisotopic (exact) mass is 319 g/mol. The summed E-state index contributed by atoms with van der Waals surface area (Å²) in [5, 5.41) is 3.42. The first-order chi connectivity index (χ1) is 8.03. The van der Waals surface area contributed by atoms with Crippen molar-refractivity contribution in [2.24, 2.45) is 0 Å². The zero-order valence-corrected chi connectivity index (χ0v) is 12.6. The average molecular weight is 321 g/mol. The molecular formula is C13H19BrClNO. The van der Waals surface area contributed by atoms with Crippen LogP contribution in [0.1, 0.15) is 20.3 Å². The van der Waals surface area contributed by atoms with Gasteiger partial charge >= 0.3 is 0 Å². The van der Waals surface area contributed by atoms with Gasteiger partial charge in [0.15, 0.2) is 0 Å². The molecule has 0 aromatic heterocycles. The van der Waals surface area contributed by atoms with Crippen LogP contribution in [-0.2, 0) is 0 Å². The van der Waals surface area contributed by atoms with E-state index in [1.165, 1.54) is 0 Å². The van der Waals surface area contributed by atoms with Crippen LogP contribution in [0, 0.1) is 0 Å². The Morgan fingerprint density at radius 2 is 1.94 bits per heavy atom. The fourth-order valence-electron chi connectivity index (χ4n) is 1.41. The minimum absolute atomic E-state index is 0.0742. The molecule has 0 bridgehead atoms. The summed E-state index contributed by atoms with van der Waals surface area (Å²) in [5.74, 6) is 1.57. The molecule has 1 aromatic carbocycles. The van der Waals surface area contributed by atoms with Crippen LogP contribution >= 0.6 is 27.5 Å². The number of benzene rings is 1. The van der Waals surface area contributed by atoms with Crippen molar-refractivity contribution < 1.29 is 4.74 Å². The number of hydrogen-bond acceptors (Lipinski definition) is 2. The second kappa shape index (κ2) is 7.24. The standard InChI is InChI=1S/C13H19BrClNO/c1-13(2,7-8-15)16-9-10-17-12-5-3-11(14)4-6-12/h3-6,16H,7-10H2,1-2H3. The highest BCUT2D eigenvalue weighted by atomic mass is 79.9. The molecule has 0 radical (unpaired) electrons. The highest BCUT2D eigenvalue weighted by molar-refractivity contribution is 9.10. The van der Waals surface area contributed by atoms with Crippen molar-refractivity contribution in [2.75, 3.05) is 19.0 Å². The van der Waals surface area contributed by atoms with E-state index < -0.39 is 0 Å². The van der Waals surface area contributed by atoms with E-state index in [9.17, 15) is 0 Å². The summed E-state index contributed by atoms with van der Waals surface area (Å²) < 4.78 is 6.68. The molecule has 1 N–H and O–H groups in total. The van der Waals surface area contributed by atoms with Gasteiger partial charge < -0.3 is 10.1 Å². The van der Waals surface area contributed by atoms with Crippen molar-refractivity contribution in [3.8, 4) is 5.75 Å². The zero-order valence-electron chi connectivity index (χ0n) is 10.3. The summed E-state index contributed by atoms with van der Waals surface area (Å²) in [4.78, 5) is 0. The second-order valence-electron chi connectivity index (χ2n) is 4.55. The second-order valence-corrected chi connectivity index (χ2v) is 5.85. The third kappa shape index (κ3) is 6.29. The summed E-state index contributed by atoms with van der Waals surface area (Å²) >= 11 is 9.12. The molecule has 0 amide bonds. The predicted molar refractivity (Wildman–Crippen MR) is 77.1 cm³/mol. The Labute approximate surface area is 117 Å². The Kier molecular flexibility index (Phi) is 6.31. The molecule has 1 aromatic rings. The summed E-state index contributed by atoms with van der Waals surface area (Å²) in [7, 11) is 0. The van der Waals surface area contributed by atoms with Gasteiger partial charge in [-0.25, -0.2) is 0 Å². The predicted octanol–water partition coefficient (Wildman–Crippen LogP) is 3.83. The Hall–Kier alpha value is -0.250. The first-order valence-corrected chi connectivity index (χ1v) is 7.06. The summed E-state index contributed by atoms with van der Waals surface area (Å²) in [5.41, 5.74) is 0.0742.